The Morgan fingerprint density at radius 2 is 1.92 bits per heavy atom. The average Bonchev–Trinajstić information content (AvgIpc) is 3.41. The van der Waals surface area contributed by atoms with E-state index in [1.54, 1.807) is 12.4 Å². The lowest BCUT2D eigenvalue weighted by Gasteiger charge is -2.11. The van der Waals surface area contributed by atoms with E-state index < -0.39 is 0 Å². The van der Waals surface area contributed by atoms with Crippen molar-refractivity contribution in [2.45, 2.75) is 26.3 Å². The smallest absolute Gasteiger partial charge is 0.267 e. The molecular weight excluding hydrogens is 322 g/mol. The molecule has 2 heterocycles. The Balaban J connectivity index is 1.66. The Kier molecular flexibility index (Phi) is 4.57. The molecule has 4 nitrogen and oxygen atoms in total. The monoisotopic (exact) mass is 345 g/mol. The third-order valence-corrected chi connectivity index (χ3v) is 4.99. The van der Waals surface area contributed by atoms with Gasteiger partial charge < -0.3 is 9.88 Å². The number of carbonyl (C=O) groups excluding carboxylic acids is 1. The van der Waals surface area contributed by atoms with Crippen molar-refractivity contribution in [1.29, 1.82) is 0 Å². The summed E-state index contributed by atoms with van der Waals surface area (Å²) in [7, 11) is 0. The Morgan fingerprint density at radius 3 is 2.65 bits per heavy atom. The number of carbonyl (C=O) groups is 1. The summed E-state index contributed by atoms with van der Waals surface area (Å²) in [5.41, 5.74) is 5.27. The summed E-state index contributed by atoms with van der Waals surface area (Å²) in [6, 6.07) is 14.2. The molecule has 1 fully saturated rings. The third kappa shape index (κ3) is 3.69. The number of amides is 1. The highest BCUT2D eigenvalue weighted by Gasteiger charge is 2.23. The van der Waals surface area contributed by atoms with E-state index in [1.165, 1.54) is 24.0 Å². The van der Waals surface area contributed by atoms with Gasteiger partial charge in [0.2, 0.25) is 0 Å². The summed E-state index contributed by atoms with van der Waals surface area (Å²) in [5, 5.41) is 3.09. The standard InChI is InChI=1S/C22H23N3O/c1-16-4-2-3-5-19(16)14-25-15-20(18-8-10-23-11-9-18)12-21(25)22(26)24-13-17-6-7-17/h2-5,8-12,15,17H,6-7,13-14H2,1H3,(H,24,26). The van der Waals surface area contributed by atoms with Crippen LogP contribution in [0.4, 0.5) is 0 Å². The van der Waals surface area contributed by atoms with E-state index in [9.17, 15) is 4.79 Å². The molecule has 2 aromatic heterocycles. The number of nitrogens with one attached hydrogen (secondary N) is 1. The molecule has 0 saturated heterocycles. The van der Waals surface area contributed by atoms with Crippen LogP contribution in [0.5, 0.6) is 0 Å². The van der Waals surface area contributed by atoms with Crippen molar-refractivity contribution in [3.05, 3.63) is 77.9 Å². The number of aryl methyl sites for hydroxylation is 1. The maximum absolute atomic E-state index is 12.8. The Morgan fingerprint density at radius 1 is 1.15 bits per heavy atom. The second-order valence-electron chi connectivity index (χ2n) is 7.06. The van der Waals surface area contributed by atoms with E-state index in [-0.39, 0.29) is 5.91 Å². The van der Waals surface area contributed by atoms with E-state index in [0.29, 0.717) is 18.2 Å². The van der Waals surface area contributed by atoms with Gasteiger partial charge in [-0.15, -0.1) is 0 Å². The van der Waals surface area contributed by atoms with Crippen LogP contribution >= 0.6 is 0 Å². The van der Waals surface area contributed by atoms with Crippen LogP contribution in [0.2, 0.25) is 0 Å². The van der Waals surface area contributed by atoms with Gasteiger partial charge in [-0.3, -0.25) is 9.78 Å². The van der Waals surface area contributed by atoms with Crippen LogP contribution in [-0.2, 0) is 6.54 Å². The number of aromatic nitrogens is 2. The van der Waals surface area contributed by atoms with Crippen LogP contribution in [-0.4, -0.2) is 22.0 Å². The molecule has 26 heavy (non-hydrogen) atoms. The Hall–Kier alpha value is -2.88. The number of benzene rings is 1. The van der Waals surface area contributed by atoms with E-state index in [1.807, 2.05) is 30.3 Å². The highest BCUT2D eigenvalue weighted by molar-refractivity contribution is 5.94. The highest BCUT2D eigenvalue weighted by atomic mass is 16.1. The molecule has 0 radical (unpaired) electrons. The number of pyridine rings is 1. The number of hydrogen-bond donors (Lipinski definition) is 1. The molecule has 1 saturated carbocycles. The van der Waals surface area contributed by atoms with Crippen LogP contribution in [0.25, 0.3) is 11.1 Å². The van der Waals surface area contributed by atoms with Gasteiger partial charge in [0.25, 0.3) is 5.91 Å². The van der Waals surface area contributed by atoms with Crippen LogP contribution in [0.3, 0.4) is 0 Å². The van der Waals surface area contributed by atoms with E-state index in [2.05, 4.69) is 40.1 Å². The van der Waals surface area contributed by atoms with Crippen molar-refractivity contribution in [2.24, 2.45) is 5.92 Å². The highest BCUT2D eigenvalue weighted by Crippen LogP contribution is 2.28. The first-order valence-electron chi connectivity index (χ1n) is 9.14. The second kappa shape index (κ2) is 7.16. The lowest BCUT2D eigenvalue weighted by molar-refractivity contribution is 0.0943. The van der Waals surface area contributed by atoms with Crippen molar-refractivity contribution >= 4 is 5.91 Å². The molecule has 1 aromatic carbocycles. The van der Waals surface area contributed by atoms with Crippen LogP contribution < -0.4 is 5.32 Å². The Labute approximate surface area is 153 Å². The normalized spacial score (nSPS) is 13.6. The fraction of sp³-hybridized carbons (Fsp3) is 0.273. The molecule has 0 spiro atoms. The predicted octanol–water partition coefficient (Wildman–Crippen LogP) is 4.05. The van der Waals surface area contributed by atoms with Crippen molar-refractivity contribution in [2.75, 3.05) is 6.54 Å². The summed E-state index contributed by atoms with van der Waals surface area (Å²) in [4.78, 5) is 16.9. The fourth-order valence-corrected chi connectivity index (χ4v) is 3.15. The van der Waals surface area contributed by atoms with E-state index >= 15 is 0 Å². The van der Waals surface area contributed by atoms with Gasteiger partial charge in [-0.05, 0) is 60.6 Å². The zero-order valence-corrected chi connectivity index (χ0v) is 15.0. The Bertz CT molecular complexity index is 910. The molecule has 1 amide bonds. The second-order valence-corrected chi connectivity index (χ2v) is 7.06. The van der Waals surface area contributed by atoms with Gasteiger partial charge in [-0.2, -0.15) is 0 Å². The summed E-state index contributed by atoms with van der Waals surface area (Å²) >= 11 is 0. The van der Waals surface area contributed by atoms with Gasteiger partial charge in [0.05, 0.1) is 0 Å². The molecular formula is C22H23N3O. The summed E-state index contributed by atoms with van der Waals surface area (Å²) < 4.78 is 2.06. The molecule has 3 aromatic rings. The molecule has 1 aliphatic rings. The number of rotatable bonds is 6. The van der Waals surface area contributed by atoms with Gasteiger partial charge >= 0.3 is 0 Å². The van der Waals surface area contributed by atoms with Crippen molar-refractivity contribution in [3.63, 3.8) is 0 Å². The quantitative estimate of drug-likeness (QED) is 0.733. The van der Waals surface area contributed by atoms with Crippen LogP contribution in [0.1, 0.15) is 34.5 Å². The number of nitrogens with zero attached hydrogens (tertiary/aromatic N) is 2. The van der Waals surface area contributed by atoms with Crippen LogP contribution in [0.15, 0.2) is 61.1 Å². The van der Waals surface area contributed by atoms with Gasteiger partial charge in [0.1, 0.15) is 5.69 Å². The summed E-state index contributed by atoms with van der Waals surface area (Å²) in [6.45, 7) is 3.57. The summed E-state index contributed by atoms with van der Waals surface area (Å²) in [6.07, 6.45) is 8.08. The minimum atomic E-state index is 0.00536. The van der Waals surface area contributed by atoms with E-state index in [0.717, 1.165) is 17.7 Å². The third-order valence-electron chi connectivity index (χ3n) is 4.99. The maximum Gasteiger partial charge on any atom is 0.267 e. The fourth-order valence-electron chi connectivity index (χ4n) is 3.15. The molecule has 0 atom stereocenters. The van der Waals surface area contributed by atoms with Crippen molar-refractivity contribution in [3.8, 4) is 11.1 Å². The molecule has 0 unspecified atom stereocenters. The first-order chi connectivity index (χ1) is 12.7. The lowest BCUT2D eigenvalue weighted by Crippen LogP contribution is -2.27. The van der Waals surface area contributed by atoms with Gasteiger partial charge in [0.15, 0.2) is 0 Å². The maximum atomic E-state index is 12.8. The first kappa shape index (κ1) is 16.6. The molecule has 0 bridgehead atoms. The molecule has 4 rings (SSSR count). The molecule has 132 valence electrons. The zero-order chi connectivity index (χ0) is 17.9. The SMILES string of the molecule is Cc1ccccc1Cn1cc(-c2ccncc2)cc1C(=O)NCC1CC1. The first-order valence-corrected chi connectivity index (χ1v) is 9.14. The summed E-state index contributed by atoms with van der Waals surface area (Å²) in [5.74, 6) is 0.671. The van der Waals surface area contributed by atoms with Gasteiger partial charge in [-0.1, -0.05) is 24.3 Å². The van der Waals surface area contributed by atoms with Crippen molar-refractivity contribution in [1.82, 2.24) is 14.9 Å². The predicted molar refractivity (Wildman–Crippen MR) is 103 cm³/mol. The minimum Gasteiger partial charge on any atom is -0.350 e. The van der Waals surface area contributed by atoms with Gasteiger partial charge in [0, 0.05) is 37.2 Å². The number of hydrogen-bond acceptors (Lipinski definition) is 2. The molecule has 1 N–H and O–H groups in total. The van der Waals surface area contributed by atoms with Gasteiger partial charge in [-0.25, -0.2) is 0 Å². The minimum absolute atomic E-state index is 0.00536. The lowest BCUT2D eigenvalue weighted by atomic mass is 10.1. The van der Waals surface area contributed by atoms with E-state index in [4.69, 9.17) is 0 Å². The van der Waals surface area contributed by atoms with Crippen LogP contribution in [0, 0.1) is 12.8 Å². The topological polar surface area (TPSA) is 46.9 Å². The molecule has 0 aliphatic heterocycles. The zero-order valence-electron chi connectivity index (χ0n) is 15.0. The molecule has 1 aliphatic carbocycles. The average molecular weight is 345 g/mol. The largest absolute Gasteiger partial charge is 0.350 e. The van der Waals surface area contributed by atoms with Crippen molar-refractivity contribution < 1.29 is 4.79 Å². The molecule has 4 heteroatoms.